The first kappa shape index (κ1) is 18.8. The Balaban J connectivity index is 1.86. The van der Waals surface area contributed by atoms with E-state index in [2.05, 4.69) is 0 Å². The van der Waals surface area contributed by atoms with Crippen molar-refractivity contribution in [3.8, 4) is 0 Å². The zero-order chi connectivity index (χ0) is 19.1. The van der Waals surface area contributed by atoms with Gasteiger partial charge >= 0.3 is 10.2 Å². The third-order valence-electron chi connectivity index (χ3n) is 3.64. The van der Waals surface area contributed by atoms with E-state index in [-0.39, 0.29) is 6.42 Å². The Morgan fingerprint density at radius 2 is 1.77 bits per heavy atom. The summed E-state index contributed by atoms with van der Waals surface area (Å²) >= 11 is 6.93. The van der Waals surface area contributed by atoms with E-state index in [0.717, 1.165) is 23.9 Å². The highest BCUT2D eigenvalue weighted by Gasteiger charge is 2.41. The lowest BCUT2D eigenvalue weighted by molar-refractivity contribution is -0.121. The van der Waals surface area contributed by atoms with Gasteiger partial charge in [0.25, 0.3) is 0 Å². The fraction of sp³-hybridized carbons (Fsp3) is 0.125. The summed E-state index contributed by atoms with van der Waals surface area (Å²) in [6, 6.07) is 8.78. The molecule has 1 aliphatic rings. The van der Waals surface area contributed by atoms with Crippen LogP contribution in [0.2, 0.25) is 5.02 Å². The first-order chi connectivity index (χ1) is 12.2. The SMILES string of the molecule is O=C1CC(Sc2ccc(Cl)cc2)C(=O)N1c1ccc(S(=O)(=O)F)cc1F. The Morgan fingerprint density at radius 3 is 2.35 bits per heavy atom. The van der Waals surface area contributed by atoms with E-state index in [4.69, 9.17) is 11.6 Å². The van der Waals surface area contributed by atoms with Gasteiger partial charge in [-0.2, -0.15) is 8.42 Å². The van der Waals surface area contributed by atoms with Crippen molar-refractivity contribution >= 4 is 51.1 Å². The number of hydrogen-bond acceptors (Lipinski definition) is 5. The Kier molecular flexibility index (Phi) is 5.05. The van der Waals surface area contributed by atoms with Gasteiger partial charge in [-0.05, 0) is 42.5 Å². The highest BCUT2D eigenvalue weighted by Crippen LogP contribution is 2.35. The quantitative estimate of drug-likeness (QED) is 0.562. The van der Waals surface area contributed by atoms with Crippen molar-refractivity contribution < 1.29 is 26.3 Å². The molecular formula is C16H10ClF2NO4S2. The molecule has 0 bridgehead atoms. The molecule has 0 aliphatic carbocycles. The minimum Gasteiger partial charge on any atom is -0.274 e. The fourth-order valence-corrected chi connectivity index (χ4v) is 4.10. The molecule has 0 spiro atoms. The maximum atomic E-state index is 14.2. The van der Waals surface area contributed by atoms with E-state index in [9.17, 15) is 26.3 Å². The molecule has 10 heteroatoms. The summed E-state index contributed by atoms with van der Waals surface area (Å²) in [4.78, 5) is 25.2. The van der Waals surface area contributed by atoms with Crippen LogP contribution in [0.15, 0.2) is 52.3 Å². The van der Waals surface area contributed by atoms with Gasteiger partial charge < -0.3 is 0 Å². The molecule has 3 rings (SSSR count). The molecule has 0 N–H and O–H groups in total. The first-order valence-electron chi connectivity index (χ1n) is 7.20. The molecule has 0 saturated carbocycles. The number of halogens is 3. The Labute approximate surface area is 157 Å². The van der Waals surface area contributed by atoms with Gasteiger partial charge in [-0.25, -0.2) is 9.29 Å². The average Bonchev–Trinajstić information content (AvgIpc) is 2.83. The van der Waals surface area contributed by atoms with Crippen LogP contribution >= 0.6 is 23.4 Å². The molecule has 0 aromatic heterocycles. The summed E-state index contributed by atoms with van der Waals surface area (Å²) in [6.07, 6.45) is -0.144. The second kappa shape index (κ2) is 6.98. The number of benzene rings is 2. The Bertz CT molecular complexity index is 996. The molecule has 1 fully saturated rings. The zero-order valence-corrected chi connectivity index (χ0v) is 15.2. The van der Waals surface area contributed by atoms with Crippen LogP contribution in [0.25, 0.3) is 0 Å². The number of carbonyl (C=O) groups is 2. The van der Waals surface area contributed by atoms with E-state index >= 15 is 0 Å². The summed E-state index contributed by atoms with van der Waals surface area (Å²) in [7, 11) is -5.09. The average molecular weight is 418 g/mol. The molecule has 26 heavy (non-hydrogen) atoms. The van der Waals surface area contributed by atoms with Crippen LogP contribution in [0.1, 0.15) is 6.42 Å². The van der Waals surface area contributed by atoms with Gasteiger partial charge in [-0.15, -0.1) is 15.6 Å². The predicted octanol–water partition coefficient (Wildman–Crippen LogP) is 3.56. The van der Waals surface area contributed by atoms with Gasteiger partial charge in [0.05, 0.1) is 10.9 Å². The number of anilines is 1. The summed E-state index contributed by atoms with van der Waals surface area (Å²) < 4.78 is 48.8. The molecule has 0 radical (unpaired) electrons. The molecule has 2 amide bonds. The van der Waals surface area contributed by atoms with Gasteiger partial charge in [-0.3, -0.25) is 9.59 Å². The van der Waals surface area contributed by atoms with E-state index in [1.807, 2.05) is 0 Å². The summed E-state index contributed by atoms with van der Waals surface area (Å²) in [6.45, 7) is 0. The number of imide groups is 1. The van der Waals surface area contributed by atoms with Crippen LogP contribution in [0.4, 0.5) is 14.0 Å². The molecule has 1 saturated heterocycles. The van der Waals surface area contributed by atoms with Crippen LogP contribution in [0.3, 0.4) is 0 Å². The van der Waals surface area contributed by atoms with Crippen molar-refractivity contribution in [2.45, 2.75) is 21.5 Å². The van der Waals surface area contributed by atoms with E-state index < -0.39 is 43.7 Å². The van der Waals surface area contributed by atoms with Crippen LogP contribution < -0.4 is 4.90 Å². The number of rotatable bonds is 4. The van der Waals surface area contributed by atoms with Gasteiger partial charge in [-0.1, -0.05) is 11.6 Å². The highest BCUT2D eigenvalue weighted by atomic mass is 35.5. The van der Waals surface area contributed by atoms with Crippen molar-refractivity contribution in [3.63, 3.8) is 0 Å². The van der Waals surface area contributed by atoms with Gasteiger partial charge in [0, 0.05) is 16.3 Å². The van der Waals surface area contributed by atoms with Gasteiger partial charge in [0.2, 0.25) is 11.8 Å². The molecular weight excluding hydrogens is 408 g/mol. The number of amides is 2. The highest BCUT2D eigenvalue weighted by molar-refractivity contribution is 8.00. The molecule has 1 unspecified atom stereocenters. The molecule has 2 aromatic carbocycles. The molecule has 5 nitrogen and oxygen atoms in total. The van der Waals surface area contributed by atoms with Crippen molar-refractivity contribution in [2.24, 2.45) is 0 Å². The van der Waals surface area contributed by atoms with Crippen molar-refractivity contribution in [2.75, 3.05) is 4.90 Å². The van der Waals surface area contributed by atoms with Crippen LogP contribution in [0, 0.1) is 5.82 Å². The van der Waals surface area contributed by atoms with Crippen LogP contribution in [-0.2, 0) is 19.8 Å². The monoisotopic (exact) mass is 417 g/mol. The van der Waals surface area contributed by atoms with Gasteiger partial charge in [0.15, 0.2) is 0 Å². The predicted molar refractivity (Wildman–Crippen MR) is 92.9 cm³/mol. The number of carbonyl (C=O) groups excluding carboxylic acids is 2. The molecule has 1 aliphatic heterocycles. The third-order valence-corrected chi connectivity index (χ3v) is 5.90. The lowest BCUT2D eigenvalue weighted by Crippen LogP contribution is -2.31. The standard InChI is InChI=1S/C16H10ClF2NO4S2/c17-9-1-3-10(4-2-9)25-14-8-15(21)20(16(14)22)13-6-5-11(7-12(13)18)26(19,23)24/h1-7,14H,8H2. The Morgan fingerprint density at radius 1 is 1.12 bits per heavy atom. The second-order valence-electron chi connectivity index (χ2n) is 5.38. The van der Waals surface area contributed by atoms with Crippen molar-refractivity contribution in [3.05, 3.63) is 53.3 Å². The van der Waals surface area contributed by atoms with E-state index in [0.29, 0.717) is 20.9 Å². The zero-order valence-electron chi connectivity index (χ0n) is 12.9. The summed E-state index contributed by atoms with van der Waals surface area (Å²) in [5.41, 5.74) is -0.411. The second-order valence-corrected chi connectivity index (χ2v) is 8.44. The molecule has 1 atom stereocenters. The van der Waals surface area contributed by atoms with Gasteiger partial charge in [0.1, 0.15) is 10.7 Å². The first-order valence-corrected chi connectivity index (χ1v) is 9.84. The van der Waals surface area contributed by atoms with E-state index in [1.54, 1.807) is 24.3 Å². The molecule has 2 aromatic rings. The molecule has 1 heterocycles. The third kappa shape index (κ3) is 3.74. The normalized spacial score (nSPS) is 17.8. The van der Waals surface area contributed by atoms with Crippen LogP contribution in [-0.4, -0.2) is 25.5 Å². The minimum atomic E-state index is -5.09. The smallest absolute Gasteiger partial charge is 0.274 e. The minimum absolute atomic E-state index is 0.144. The number of hydrogen-bond donors (Lipinski definition) is 0. The van der Waals surface area contributed by atoms with Crippen molar-refractivity contribution in [1.82, 2.24) is 0 Å². The lowest BCUT2D eigenvalue weighted by atomic mass is 10.3. The maximum absolute atomic E-state index is 14.2. The topological polar surface area (TPSA) is 71.5 Å². The van der Waals surface area contributed by atoms with E-state index in [1.165, 1.54) is 0 Å². The fourth-order valence-electron chi connectivity index (χ4n) is 2.45. The summed E-state index contributed by atoms with van der Waals surface area (Å²) in [5, 5.41) is -0.234. The number of nitrogens with zero attached hydrogens (tertiary/aromatic N) is 1. The van der Waals surface area contributed by atoms with Crippen molar-refractivity contribution in [1.29, 1.82) is 0 Å². The maximum Gasteiger partial charge on any atom is 0.332 e. The Hall–Kier alpha value is -1.97. The van der Waals surface area contributed by atoms with Crippen LogP contribution in [0.5, 0.6) is 0 Å². The largest absolute Gasteiger partial charge is 0.332 e. The number of thioether (sulfide) groups is 1. The summed E-state index contributed by atoms with van der Waals surface area (Å²) in [5.74, 6) is -2.44. The lowest BCUT2D eigenvalue weighted by Gasteiger charge is -2.16. The molecule has 136 valence electrons.